The molecular formula is C20H23F3N6O3S. The number of aliphatic hydroxyl groups excluding tert-OH is 1. The van der Waals surface area contributed by atoms with Crippen molar-refractivity contribution < 1.29 is 26.7 Å². The number of benzene rings is 1. The number of anilines is 1. The van der Waals surface area contributed by atoms with Crippen LogP contribution in [0.25, 0.3) is 22.5 Å². The smallest absolute Gasteiger partial charge is 0.384 e. The van der Waals surface area contributed by atoms with Crippen molar-refractivity contribution in [2.45, 2.75) is 37.4 Å². The zero-order valence-corrected chi connectivity index (χ0v) is 18.9. The highest BCUT2D eigenvalue weighted by atomic mass is 32.2. The molecule has 0 aliphatic heterocycles. The Balaban J connectivity index is 1.92. The molecule has 0 spiro atoms. The zero-order valence-electron chi connectivity index (χ0n) is 18.1. The number of aromatic nitrogens is 4. The number of nitrogens with two attached hydrogens (primary N) is 1. The number of hydrogen-bond donors (Lipinski definition) is 3. The summed E-state index contributed by atoms with van der Waals surface area (Å²) >= 11 is 0. The first-order chi connectivity index (χ1) is 15.3. The molecule has 0 saturated carbocycles. The van der Waals surface area contributed by atoms with Crippen molar-refractivity contribution >= 4 is 15.8 Å². The molecule has 33 heavy (non-hydrogen) atoms. The van der Waals surface area contributed by atoms with Gasteiger partial charge in [-0.15, -0.1) is 0 Å². The Morgan fingerprint density at radius 1 is 1.24 bits per heavy atom. The van der Waals surface area contributed by atoms with Crippen molar-refractivity contribution in [3.05, 3.63) is 41.9 Å². The number of hydrogen-bond acceptors (Lipinski definition) is 7. The number of alkyl halides is 3. The minimum absolute atomic E-state index is 0.165. The maximum atomic E-state index is 12.6. The highest BCUT2D eigenvalue weighted by Crippen LogP contribution is 2.30. The third kappa shape index (κ3) is 5.49. The van der Waals surface area contributed by atoms with Crippen molar-refractivity contribution in [2.24, 2.45) is 7.05 Å². The summed E-state index contributed by atoms with van der Waals surface area (Å²) in [5.41, 5.74) is 9.30. The van der Waals surface area contributed by atoms with Crippen LogP contribution in [0.2, 0.25) is 0 Å². The van der Waals surface area contributed by atoms with Crippen molar-refractivity contribution in [1.82, 2.24) is 24.5 Å². The summed E-state index contributed by atoms with van der Waals surface area (Å²) in [6, 6.07) is 4.25. The first kappa shape index (κ1) is 24.6. The normalized spacial score (nSPS) is 13.3. The average Bonchev–Trinajstić information content (AvgIpc) is 3.05. The Bertz CT molecular complexity index is 1270. The molecule has 178 valence electrons. The third-order valence-electron chi connectivity index (χ3n) is 4.95. The molecule has 4 N–H and O–H groups in total. The summed E-state index contributed by atoms with van der Waals surface area (Å²) in [7, 11) is -2.38. The lowest BCUT2D eigenvalue weighted by atomic mass is 10.1. The summed E-state index contributed by atoms with van der Waals surface area (Å²) in [6.45, 7) is 2.97. The van der Waals surface area contributed by atoms with E-state index in [0.29, 0.717) is 33.8 Å². The lowest BCUT2D eigenvalue weighted by Crippen LogP contribution is -2.34. The molecule has 0 amide bonds. The molecule has 0 saturated heterocycles. The maximum absolute atomic E-state index is 12.6. The Kier molecular flexibility index (Phi) is 6.77. The number of nitrogen functional groups attached to an aromatic ring is 1. The average molecular weight is 485 g/mol. The number of aliphatic hydroxyl groups is 1. The maximum Gasteiger partial charge on any atom is 0.414 e. The Hall–Kier alpha value is -3.03. The molecule has 3 rings (SSSR count). The van der Waals surface area contributed by atoms with E-state index in [-0.39, 0.29) is 10.7 Å². The van der Waals surface area contributed by atoms with E-state index in [9.17, 15) is 21.6 Å². The van der Waals surface area contributed by atoms with E-state index < -0.39 is 35.3 Å². The molecule has 13 heteroatoms. The monoisotopic (exact) mass is 484 g/mol. The van der Waals surface area contributed by atoms with E-state index in [0.717, 1.165) is 0 Å². The molecule has 9 nitrogen and oxygen atoms in total. The van der Waals surface area contributed by atoms with Crippen LogP contribution in [-0.2, 0) is 17.1 Å². The molecule has 1 aromatic carbocycles. The van der Waals surface area contributed by atoms with Crippen LogP contribution in [0.1, 0.15) is 17.7 Å². The number of aryl methyl sites for hydroxylation is 3. The van der Waals surface area contributed by atoms with Crippen LogP contribution < -0.4 is 10.5 Å². The number of nitrogens with zero attached hydrogens (tertiary/aromatic N) is 4. The van der Waals surface area contributed by atoms with Gasteiger partial charge in [0, 0.05) is 30.9 Å². The van der Waals surface area contributed by atoms with Crippen LogP contribution in [0, 0.1) is 13.8 Å². The van der Waals surface area contributed by atoms with Crippen molar-refractivity contribution in [3.63, 3.8) is 0 Å². The lowest BCUT2D eigenvalue weighted by Gasteiger charge is -2.15. The molecule has 0 aliphatic carbocycles. The van der Waals surface area contributed by atoms with Crippen LogP contribution in [0.4, 0.5) is 19.0 Å². The minimum Gasteiger partial charge on any atom is -0.384 e. The van der Waals surface area contributed by atoms with Gasteiger partial charge in [-0.2, -0.15) is 18.3 Å². The van der Waals surface area contributed by atoms with Crippen molar-refractivity contribution in [3.8, 4) is 22.5 Å². The predicted molar refractivity (Wildman–Crippen MR) is 115 cm³/mol. The van der Waals surface area contributed by atoms with E-state index in [2.05, 4.69) is 19.8 Å². The number of halogens is 3. The van der Waals surface area contributed by atoms with Crippen LogP contribution in [0.15, 0.2) is 35.5 Å². The van der Waals surface area contributed by atoms with Gasteiger partial charge in [0.1, 0.15) is 11.5 Å². The highest BCUT2D eigenvalue weighted by Gasteiger charge is 2.37. The molecule has 0 aliphatic rings. The fourth-order valence-electron chi connectivity index (χ4n) is 3.18. The second-order valence-corrected chi connectivity index (χ2v) is 9.28. The quantitative estimate of drug-likeness (QED) is 0.468. The van der Waals surface area contributed by atoms with Crippen LogP contribution in [0.5, 0.6) is 0 Å². The number of nitrogens with one attached hydrogen (secondary N) is 1. The number of sulfonamides is 1. The molecule has 1 atom stereocenters. The molecule has 0 bridgehead atoms. The van der Waals surface area contributed by atoms with Gasteiger partial charge in [-0.3, -0.25) is 4.68 Å². The molecule has 0 fully saturated rings. The van der Waals surface area contributed by atoms with E-state index in [1.165, 1.54) is 18.3 Å². The van der Waals surface area contributed by atoms with Crippen molar-refractivity contribution in [1.29, 1.82) is 0 Å². The van der Waals surface area contributed by atoms with E-state index in [1.54, 1.807) is 37.8 Å². The summed E-state index contributed by atoms with van der Waals surface area (Å²) in [5, 5.41) is 13.3. The van der Waals surface area contributed by atoms with Gasteiger partial charge in [-0.05, 0) is 38.0 Å². The van der Waals surface area contributed by atoms with E-state index >= 15 is 0 Å². The minimum atomic E-state index is -4.82. The molecule has 2 heterocycles. The fraction of sp³-hybridized carbons (Fsp3) is 0.350. The van der Waals surface area contributed by atoms with Gasteiger partial charge in [0.05, 0.1) is 22.5 Å². The first-order valence-electron chi connectivity index (χ1n) is 9.78. The SMILES string of the molecule is Cc1ccc(S(=O)(=O)NCC[C@H](O)C(F)(F)F)cc1-c1cnc(N)c(-c2cn(C)nc2C)n1. The van der Waals surface area contributed by atoms with Crippen molar-refractivity contribution in [2.75, 3.05) is 12.3 Å². The largest absolute Gasteiger partial charge is 0.414 e. The first-order valence-corrected chi connectivity index (χ1v) is 11.3. The van der Waals surface area contributed by atoms with Gasteiger partial charge in [0.15, 0.2) is 6.10 Å². The highest BCUT2D eigenvalue weighted by molar-refractivity contribution is 7.89. The summed E-state index contributed by atoms with van der Waals surface area (Å²) in [5.74, 6) is 0.182. The van der Waals surface area contributed by atoms with Gasteiger partial charge in [0.25, 0.3) is 0 Å². The second kappa shape index (κ2) is 9.08. The summed E-state index contributed by atoms with van der Waals surface area (Å²) in [4.78, 5) is 8.59. The predicted octanol–water partition coefficient (Wildman–Crippen LogP) is 2.33. The third-order valence-corrected chi connectivity index (χ3v) is 6.41. The van der Waals surface area contributed by atoms with Crippen LogP contribution in [-0.4, -0.2) is 52.1 Å². The molecule has 2 aromatic heterocycles. The summed E-state index contributed by atoms with van der Waals surface area (Å²) < 4.78 is 66.2. The van der Waals surface area contributed by atoms with Gasteiger partial charge in [0.2, 0.25) is 10.0 Å². The van der Waals surface area contributed by atoms with Gasteiger partial charge in [-0.25, -0.2) is 23.1 Å². The fourth-order valence-corrected chi connectivity index (χ4v) is 4.25. The Labute approximate surface area is 188 Å². The van der Waals surface area contributed by atoms with Gasteiger partial charge in [-0.1, -0.05) is 6.07 Å². The van der Waals surface area contributed by atoms with Gasteiger partial charge < -0.3 is 10.8 Å². The summed E-state index contributed by atoms with van der Waals surface area (Å²) in [6.07, 6.45) is -5.09. The van der Waals surface area contributed by atoms with Crippen LogP contribution >= 0.6 is 0 Å². The lowest BCUT2D eigenvalue weighted by molar-refractivity contribution is -0.204. The number of rotatable bonds is 7. The standard InChI is InChI=1S/C20H23F3N6O3S/c1-11-4-5-13(33(31,32)26-7-6-17(30)20(21,22)23)8-14(11)16-9-25-19(24)18(27-16)15-10-29(3)28-12(15)2/h4-5,8-10,17,26,30H,6-7H2,1-3H3,(H2,24,25)/t17-/m0/s1. The topological polar surface area (TPSA) is 136 Å². The van der Waals surface area contributed by atoms with E-state index in [4.69, 9.17) is 10.8 Å². The zero-order chi connectivity index (χ0) is 24.6. The van der Waals surface area contributed by atoms with Crippen LogP contribution in [0.3, 0.4) is 0 Å². The molecular weight excluding hydrogens is 461 g/mol. The Morgan fingerprint density at radius 2 is 1.94 bits per heavy atom. The second-order valence-electron chi connectivity index (χ2n) is 7.51. The molecule has 3 aromatic rings. The van der Waals surface area contributed by atoms with E-state index in [1.807, 2.05) is 0 Å². The molecule has 0 unspecified atom stereocenters. The Morgan fingerprint density at radius 3 is 2.55 bits per heavy atom. The molecule has 0 radical (unpaired) electrons. The van der Waals surface area contributed by atoms with Gasteiger partial charge >= 0.3 is 6.18 Å².